The van der Waals surface area contributed by atoms with Crippen LogP contribution in [0.3, 0.4) is 0 Å². The number of sulfonamides is 1. The molecule has 0 spiro atoms. The molecule has 2 N–H and O–H groups in total. The van der Waals surface area contributed by atoms with Crippen LogP contribution in [0.25, 0.3) is 0 Å². The molecule has 0 amide bonds. The third-order valence-electron chi connectivity index (χ3n) is 2.77. The first-order chi connectivity index (χ1) is 8.90. The van der Waals surface area contributed by atoms with E-state index in [1.165, 1.54) is 0 Å². The van der Waals surface area contributed by atoms with Crippen LogP contribution in [0.1, 0.15) is 31.9 Å². The zero-order valence-electron chi connectivity index (χ0n) is 11.0. The fourth-order valence-corrected chi connectivity index (χ4v) is 4.73. The molecule has 0 aliphatic heterocycles. The second kappa shape index (κ2) is 7.54. The maximum atomic E-state index is 12.1. The molecule has 0 aliphatic carbocycles. The Morgan fingerprint density at radius 3 is 2.63 bits per heavy atom. The molecular weight excluding hydrogens is 308 g/mol. The predicted octanol–water partition coefficient (Wildman–Crippen LogP) is 2.18. The van der Waals surface area contributed by atoms with Crippen molar-refractivity contribution in [3.8, 4) is 0 Å². The van der Waals surface area contributed by atoms with Crippen LogP contribution in [0.2, 0.25) is 4.47 Å². The molecule has 1 unspecified atom stereocenters. The summed E-state index contributed by atoms with van der Waals surface area (Å²) in [7, 11) is -3.56. The van der Waals surface area contributed by atoms with Gasteiger partial charge in [-0.15, -0.1) is 0 Å². The number of hydrogen-bond donors (Lipinski definition) is 2. The lowest BCUT2D eigenvalue weighted by atomic mass is 10.0. The average molecular weight is 327 g/mol. The highest BCUT2D eigenvalue weighted by molar-refractivity contribution is 7.91. The number of aliphatic hydroxyl groups excluding tert-OH is 1. The number of nitrogens with one attached hydrogen (secondary N) is 1. The van der Waals surface area contributed by atoms with Gasteiger partial charge < -0.3 is 5.11 Å². The summed E-state index contributed by atoms with van der Waals surface area (Å²) in [6.07, 6.45) is 2.43. The van der Waals surface area contributed by atoms with Crippen LogP contribution >= 0.6 is 22.9 Å². The predicted molar refractivity (Wildman–Crippen MR) is 77.2 cm³/mol. The second-order valence-corrected chi connectivity index (χ2v) is 7.90. The normalized spacial score (nSPS) is 13.7. The Bertz CT molecular complexity index is 496. The Morgan fingerprint density at radius 2 is 2.16 bits per heavy atom. The SMILES string of the molecule is CCCC(CCO)CNS(=O)(=O)c1sc(Cl)nc1C. The summed E-state index contributed by atoms with van der Waals surface area (Å²) in [5, 5.41) is 8.95. The average Bonchev–Trinajstić information content (AvgIpc) is 2.67. The molecule has 1 rings (SSSR count). The molecule has 0 radical (unpaired) electrons. The molecule has 1 aromatic heterocycles. The van der Waals surface area contributed by atoms with Gasteiger partial charge in [-0.3, -0.25) is 0 Å². The van der Waals surface area contributed by atoms with Crippen molar-refractivity contribution in [1.29, 1.82) is 0 Å². The molecule has 0 saturated heterocycles. The van der Waals surface area contributed by atoms with Crippen LogP contribution in [0.5, 0.6) is 0 Å². The Kier molecular flexibility index (Phi) is 6.68. The minimum atomic E-state index is -3.56. The van der Waals surface area contributed by atoms with Gasteiger partial charge in [0.1, 0.15) is 0 Å². The summed E-state index contributed by atoms with van der Waals surface area (Å²) in [4.78, 5) is 3.90. The van der Waals surface area contributed by atoms with Crippen molar-refractivity contribution in [3.63, 3.8) is 0 Å². The quantitative estimate of drug-likeness (QED) is 0.767. The van der Waals surface area contributed by atoms with Crippen molar-refractivity contribution in [2.45, 2.75) is 37.3 Å². The number of nitrogens with zero attached hydrogens (tertiary/aromatic N) is 1. The minimum absolute atomic E-state index is 0.0673. The highest BCUT2D eigenvalue weighted by atomic mass is 35.5. The first-order valence-corrected chi connectivity index (χ1v) is 8.82. The third kappa shape index (κ3) is 5.00. The van der Waals surface area contributed by atoms with Gasteiger partial charge in [-0.2, -0.15) is 0 Å². The molecule has 0 bridgehead atoms. The van der Waals surface area contributed by atoms with Crippen LogP contribution in [0.4, 0.5) is 0 Å². The summed E-state index contributed by atoms with van der Waals surface area (Å²) >= 11 is 6.67. The van der Waals surface area contributed by atoms with E-state index in [2.05, 4.69) is 9.71 Å². The van der Waals surface area contributed by atoms with Crippen molar-refractivity contribution in [2.75, 3.05) is 13.2 Å². The summed E-state index contributed by atoms with van der Waals surface area (Å²) < 4.78 is 27.2. The fraction of sp³-hybridized carbons (Fsp3) is 0.727. The van der Waals surface area contributed by atoms with E-state index in [-0.39, 0.29) is 21.2 Å². The maximum Gasteiger partial charge on any atom is 0.251 e. The summed E-state index contributed by atoms with van der Waals surface area (Å²) in [6, 6.07) is 0. The molecule has 1 atom stereocenters. The lowest BCUT2D eigenvalue weighted by Gasteiger charge is -2.15. The Labute approximate surface area is 123 Å². The lowest BCUT2D eigenvalue weighted by molar-refractivity contribution is 0.251. The number of aliphatic hydroxyl groups is 1. The fourth-order valence-electron chi connectivity index (χ4n) is 1.83. The number of aryl methyl sites for hydroxylation is 1. The van der Waals surface area contributed by atoms with Crippen LogP contribution in [-0.4, -0.2) is 31.7 Å². The molecule has 19 heavy (non-hydrogen) atoms. The number of rotatable bonds is 8. The molecule has 0 aromatic carbocycles. The van der Waals surface area contributed by atoms with Crippen LogP contribution in [0.15, 0.2) is 4.21 Å². The van der Waals surface area contributed by atoms with Gasteiger partial charge >= 0.3 is 0 Å². The van der Waals surface area contributed by atoms with Gasteiger partial charge in [0.2, 0.25) is 0 Å². The molecule has 1 aromatic rings. The first kappa shape index (κ1) is 16.8. The monoisotopic (exact) mass is 326 g/mol. The van der Waals surface area contributed by atoms with E-state index >= 15 is 0 Å². The van der Waals surface area contributed by atoms with Gasteiger partial charge in [-0.05, 0) is 25.7 Å². The second-order valence-electron chi connectivity index (χ2n) is 4.36. The highest BCUT2D eigenvalue weighted by Gasteiger charge is 2.22. The zero-order chi connectivity index (χ0) is 14.5. The number of hydrogen-bond acceptors (Lipinski definition) is 5. The Balaban J connectivity index is 2.72. The third-order valence-corrected chi connectivity index (χ3v) is 6.06. The molecular formula is C11H19ClN2O3S2. The largest absolute Gasteiger partial charge is 0.396 e. The molecule has 8 heteroatoms. The molecule has 0 aliphatic rings. The van der Waals surface area contributed by atoms with Gasteiger partial charge in [0.25, 0.3) is 10.0 Å². The van der Waals surface area contributed by atoms with Gasteiger partial charge in [-0.25, -0.2) is 18.1 Å². The molecule has 1 heterocycles. The zero-order valence-corrected chi connectivity index (χ0v) is 13.4. The van der Waals surface area contributed by atoms with Crippen LogP contribution in [-0.2, 0) is 10.0 Å². The number of aromatic nitrogens is 1. The Hall–Kier alpha value is -0.210. The summed E-state index contributed by atoms with van der Waals surface area (Å²) in [5.41, 5.74) is 0.414. The van der Waals surface area contributed by atoms with E-state index < -0.39 is 10.0 Å². The van der Waals surface area contributed by atoms with Gasteiger partial charge in [-0.1, -0.05) is 36.3 Å². The minimum Gasteiger partial charge on any atom is -0.396 e. The van der Waals surface area contributed by atoms with Crippen molar-refractivity contribution < 1.29 is 13.5 Å². The van der Waals surface area contributed by atoms with E-state index in [9.17, 15) is 8.42 Å². The van der Waals surface area contributed by atoms with Crippen molar-refractivity contribution in [3.05, 3.63) is 10.2 Å². The summed E-state index contributed by atoms with van der Waals surface area (Å²) in [6.45, 7) is 4.05. The molecule has 5 nitrogen and oxygen atoms in total. The Morgan fingerprint density at radius 1 is 1.47 bits per heavy atom. The van der Waals surface area contributed by atoms with E-state index in [1.54, 1.807) is 6.92 Å². The van der Waals surface area contributed by atoms with Crippen molar-refractivity contribution >= 4 is 33.0 Å². The van der Waals surface area contributed by atoms with Gasteiger partial charge in [0, 0.05) is 13.2 Å². The smallest absolute Gasteiger partial charge is 0.251 e. The van der Waals surface area contributed by atoms with Crippen molar-refractivity contribution in [2.24, 2.45) is 5.92 Å². The standard InChI is InChI=1S/C11H19ClN2O3S2/c1-3-4-9(5-6-15)7-13-19(16,17)10-8(2)14-11(12)18-10/h9,13,15H,3-7H2,1-2H3. The van der Waals surface area contributed by atoms with Gasteiger partial charge in [0.05, 0.1) is 5.69 Å². The highest BCUT2D eigenvalue weighted by Crippen LogP contribution is 2.26. The van der Waals surface area contributed by atoms with E-state index in [0.29, 0.717) is 18.7 Å². The topological polar surface area (TPSA) is 79.3 Å². The van der Waals surface area contributed by atoms with Crippen LogP contribution < -0.4 is 4.72 Å². The molecule has 0 fully saturated rings. The summed E-state index contributed by atoms with van der Waals surface area (Å²) in [5.74, 6) is 0.147. The maximum absolute atomic E-state index is 12.1. The lowest BCUT2D eigenvalue weighted by Crippen LogP contribution is -2.29. The van der Waals surface area contributed by atoms with E-state index in [1.807, 2.05) is 6.92 Å². The van der Waals surface area contributed by atoms with E-state index in [0.717, 1.165) is 24.2 Å². The van der Waals surface area contributed by atoms with Crippen LogP contribution in [0, 0.1) is 12.8 Å². The first-order valence-electron chi connectivity index (χ1n) is 6.14. The van der Waals surface area contributed by atoms with Gasteiger partial charge in [0.15, 0.2) is 8.68 Å². The number of thiazole rings is 1. The number of halogens is 1. The van der Waals surface area contributed by atoms with E-state index in [4.69, 9.17) is 16.7 Å². The molecule has 110 valence electrons. The van der Waals surface area contributed by atoms with Crippen molar-refractivity contribution in [1.82, 2.24) is 9.71 Å². The molecule has 0 saturated carbocycles.